The summed E-state index contributed by atoms with van der Waals surface area (Å²) in [4.78, 5) is 16.4. The normalized spacial score (nSPS) is 12.7. The topological polar surface area (TPSA) is 88.2 Å². The quantitative estimate of drug-likeness (QED) is 0.857. The summed E-state index contributed by atoms with van der Waals surface area (Å²) in [6.07, 6.45) is 3.10. The Kier molecular flexibility index (Phi) is 5.59. The number of carbonyl (C=O) groups is 1. The Morgan fingerprint density at radius 3 is 2.08 bits per heavy atom. The van der Waals surface area contributed by atoms with E-state index in [0.29, 0.717) is 16.8 Å². The largest absolute Gasteiger partial charge is 0.325 e. The molecule has 25 heavy (non-hydrogen) atoms. The van der Waals surface area contributed by atoms with Crippen LogP contribution in [0, 0.1) is 27.7 Å². The summed E-state index contributed by atoms with van der Waals surface area (Å²) in [5, 5.41) is 2.66. The Bertz CT molecular complexity index is 867. The highest BCUT2D eigenvalue weighted by Crippen LogP contribution is 2.26. The van der Waals surface area contributed by atoms with E-state index in [4.69, 9.17) is 0 Å². The van der Waals surface area contributed by atoms with Gasteiger partial charge in [-0.15, -0.1) is 0 Å². The summed E-state index contributed by atoms with van der Waals surface area (Å²) in [7, 11) is -3.83. The zero-order valence-electron chi connectivity index (χ0n) is 15.0. The maximum absolute atomic E-state index is 12.8. The molecule has 0 saturated carbocycles. The minimum Gasteiger partial charge on any atom is -0.325 e. The lowest BCUT2D eigenvalue weighted by molar-refractivity contribution is -0.117. The summed E-state index contributed by atoms with van der Waals surface area (Å²) in [6.45, 7) is 8.82. The van der Waals surface area contributed by atoms with Crippen LogP contribution in [0.4, 0.5) is 5.69 Å². The maximum atomic E-state index is 12.8. The highest BCUT2D eigenvalue weighted by molar-refractivity contribution is 7.89. The van der Waals surface area contributed by atoms with Gasteiger partial charge in [0.2, 0.25) is 15.9 Å². The molecule has 0 radical (unpaired) electrons. The zero-order valence-corrected chi connectivity index (χ0v) is 15.9. The molecule has 0 aliphatic heterocycles. The minimum absolute atomic E-state index is 0.244. The van der Waals surface area contributed by atoms with E-state index in [-0.39, 0.29) is 4.90 Å². The first-order chi connectivity index (χ1) is 11.6. The third-order valence-corrected chi connectivity index (χ3v) is 6.05. The van der Waals surface area contributed by atoms with Crippen molar-refractivity contribution in [1.29, 1.82) is 0 Å². The Balaban J connectivity index is 2.26. The van der Waals surface area contributed by atoms with Crippen molar-refractivity contribution < 1.29 is 13.2 Å². The van der Waals surface area contributed by atoms with Crippen LogP contribution in [0.5, 0.6) is 0 Å². The van der Waals surface area contributed by atoms with E-state index >= 15 is 0 Å². The van der Waals surface area contributed by atoms with Gasteiger partial charge in [-0.1, -0.05) is 6.07 Å². The fraction of sp³-hybridized carbons (Fsp3) is 0.333. The number of benzene rings is 1. The minimum atomic E-state index is -3.83. The highest BCUT2D eigenvalue weighted by Gasteiger charge is 2.26. The average Bonchev–Trinajstić information content (AvgIpc) is 2.53. The van der Waals surface area contributed by atoms with Crippen LogP contribution in [0.15, 0.2) is 35.5 Å². The van der Waals surface area contributed by atoms with Crippen LogP contribution in [-0.2, 0) is 14.8 Å². The summed E-state index contributed by atoms with van der Waals surface area (Å²) in [6, 6.07) is 4.32. The van der Waals surface area contributed by atoms with Crippen molar-refractivity contribution in [3.05, 3.63) is 52.8 Å². The molecular weight excluding hydrogens is 338 g/mol. The molecule has 2 rings (SSSR count). The number of pyridine rings is 1. The molecule has 0 saturated heterocycles. The number of aryl methyl sites for hydroxylation is 2. The van der Waals surface area contributed by atoms with Crippen molar-refractivity contribution in [3.8, 4) is 0 Å². The molecule has 2 aromatic rings. The number of hydrogen-bond acceptors (Lipinski definition) is 4. The van der Waals surface area contributed by atoms with Gasteiger partial charge in [-0.25, -0.2) is 8.42 Å². The monoisotopic (exact) mass is 361 g/mol. The predicted octanol–water partition coefficient (Wildman–Crippen LogP) is 2.62. The fourth-order valence-electron chi connectivity index (χ4n) is 2.61. The second kappa shape index (κ2) is 7.33. The van der Waals surface area contributed by atoms with E-state index in [1.54, 1.807) is 38.4 Å². The third-order valence-electron chi connectivity index (χ3n) is 4.24. The third kappa shape index (κ3) is 4.24. The lowest BCUT2D eigenvalue weighted by atomic mass is 10.0. The predicted molar refractivity (Wildman–Crippen MR) is 98.0 cm³/mol. The van der Waals surface area contributed by atoms with Crippen molar-refractivity contribution in [2.24, 2.45) is 0 Å². The molecular formula is C18H23N3O3S. The number of carbonyl (C=O) groups excluding carboxylic acids is 1. The van der Waals surface area contributed by atoms with Gasteiger partial charge in [-0.05, 0) is 69.0 Å². The van der Waals surface area contributed by atoms with Gasteiger partial charge in [-0.2, -0.15) is 4.72 Å². The van der Waals surface area contributed by atoms with Gasteiger partial charge in [0.1, 0.15) is 0 Å². The molecule has 134 valence electrons. The molecule has 7 heteroatoms. The first-order valence-electron chi connectivity index (χ1n) is 7.94. The first kappa shape index (κ1) is 19.1. The number of rotatable bonds is 5. The lowest BCUT2D eigenvalue weighted by Crippen LogP contribution is -2.42. The van der Waals surface area contributed by atoms with Crippen molar-refractivity contribution >= 4 is 21.6 Å². The molecule has 6 nitrogen and oxygen atoms in total. The van der Waals surface area contributed by atoms with E-state index < -0.39 is 22.0 Å². The summed E-state index contributed by atoms with van der Waals surface area (Å²) < 4.78 is 28.2. The van der Waals surface area contributed by atoms with Crippen LogP contribution in [0.25, 0.3) is 0 Å². The van der Waals surface area contributed by atoms with Crippen LogP contribution >= 0.6 is 0 Å². The molecule has 0 bridgehead atoms. The van der Waals surface area contributed by atoms with E-state index in [1.807, 2.05) is 19.9 Å². The highest BCUT2D eigenvalue weighted by atomic mass is 32.2. The first-order valence-corrected chi connectivity index (χ1v) is 9.42. The molecule has 0 aliphatic rings. The van der Waals surface area contributed by atoms with Gasteiger partial charge >= 0.3 is 0 Å². The molecule has 1 heterocycles. The van der Waals surface area contributed by atoms with Crippen LogP contribution in [0.3, 0.4) is 0 Å². The Morgan fingerprint density at radius 1 is 1.04 bits per heavy atom. The second-order valence-electron chi connectivity index (χ2n) is 6.16. The molecule has 1 atom stereocenters. The van der Waals surface area contributed by atoms with Gasteiger partial charge in [-0.3, -0.25) is 9.78 Å². The fourth-order valence-corrected chi connectivity index (χ4v) is 4.43. The van der Waals surface area contributed by atoms with Gasteiger partial charge in [0.05, 0.1) is 10.9 Å². The number of nitrogens with one attached hydrogen (secondary N) is 2. The van der Waals surface area contributed by atoms with Gasteiger partial charge < -0.3 is 5.32 Å². The van der Waals surface area contributed by atoms with E-state index in [1.165, 1.54) is 6.92 Å². The van der Waals surface area contributed by atoms with Crippen molar-refractivity contribution in [3.63, 3.8) is 0 Å². The van der Waals surface area contributed by atoms with E-state index in [9.17, 15) is 13.2 Å². The van der Waals surface area contributed by atoms with Crippen LogP contribution < -0.4 is 10.0 Å². The zero-order chi connectivity index (χ0) is 18.8. The van der Waals surface area contributed by atoms with Crippen LogP contribution in [0.2, 0.25) is 0 Å². The molecule has 1 amide bonds. The molecule has 1 aromatic heterocycles. The number of hydrogen-bond donors (Lipinski definition) is 2. The summed E-state index contributed by atoms with van der Waals surface area (Å²) >= 11 is 0. The van der Waals surface area contributed by atoms with Crippen molar-refractivity contribution in [2.45, 2.75) is 45.6 Å². The number of sulfonamides is 1. The van der Waals surface area contributed by atoms with E-state index in [0.717, 1.165) is 11.1 Å². The van der Waals surface area contributed by atoms with Crippen LogP contribution in [0.1, 0.15) is 29.2 Å². The molecule has 0 spiro atoms. The van der Waals surface area contributed by atoms with Crippen LogP contribution in [-0.4, -0.2) is 25.4 Å². The molecule has 0 fully saturated rings. The SMILES string of the molecule is Cc1cc(C)c(C)c(S(=O)(=O)NC(C)C(=O)Nc2ccncc2)c1C. The Labute approximate surface area is 148 Å². The van der Waals surface area contributed by atoms with Gasteiger partial charge in [0.15, 0.2) is 0 Å². The van der Waals surface area contributed by atoms with Gasteiger partial charge in [0.25, 0.3) is 0 Å². The molecule has 1 aromatic carbocycles. The standard InChI is InChI=1S/C18H23N3O3S/c1-11-10-12(2)14(4)17(13(11)3)25(23,24)21-15(5)18(22)20-16-6-8-19-9-7-16/h6-10,15,21H,1-5H3,(H,19,20,22). The average molecular weight is 361 g/mol. The molecule has 1 unspecified atom stereocenters. The maximum Gasteiger partial charge on any atom is 0.242 e. The Morgan fingerprint density at radius 2 is 1.56 bits per heavy atom. The van der Waals surface area contributed by atoms with Crippen molar-refractivity contribution in [1.82, 2.24) is 9.71 Å². The molecule has 2 N–H and O–H groups in total. The number of anilines is 1. The number of aromatic nitrogens is 1. The number of nitrogens with zero attached hydrogens (tertiary/aromatic N) is 1. The lowest BCUT2D eigenvalue weighted by Gasteiger charge is -2.19. The van der Waals surface area contributed by atoms with Gasteiger partial charge in [0, 0.05) is 18.1 Å². The second-order valence-corrected chi connectivity index (χ2v) is 7.81. The summed E-state index contributed by atoms with van der Waals surface area (Å²) in [5.74, 6) is -0.436. The van der Waals surface area contributed by atoms with Crippen molar-refractivity contribution in [2.75, 3.05) is 5.32 Å². The van der Waals surface area contributed by atoms with E-state index in [2.05, 4.69) is 15.0 Å². The summed E-state index contributed by atoms with van der Waals surface area (Å²) in [5.41, 5.74) is 3.74. The Hall–Kier alpha value is -2.25. The number of amides is 1. The molecule has 0 aliphatic carbocycles. The smallest absolute Gasteiger partial charge is 0.242 e.